The molecule has 94 valence electrons. The first-order chi connectivity index (χ1) is 7.37. The van der Waals surface area contributed by atoms with Gasteiger partial charge in [0.15, 0.2) is 0 Å². The Morgan fingerprint density at radius 1 is 1.19 bits per heavy atom. The van der Waals surface area contributed by atoms with Crippen LogP contribution in [0.25, 0.3) is 0 Å². The number of hydrogen-bond donors (Lipinski definition) is 0. The molecule has 0 aromatic carbocycles. The van der Waals surface area contributed by atoms with E-state index in [0.29, 0.717) is 13.2 Å². The van der Waals surface area contributed by atoms with E-state index in [-0.39, 0.29) is 11.4 Å². The minimum atomic E-state index is -0.0977. The lowest BCUT2D eigenvalue weighted by Gasteiger charge is -2.31. The highest BCUT2D eigenvalue weighted by Crippen LogP contribution is 2.13. The first-order valence-electron chi connectivity index (χ1n) is 5.93. The van der Waals surface area contributed by atoms with Crippen LogP contribution in [0, 0.1) is 5.41 Å². The first-order valence-corrected chi connectivity index (χ1v) is 5.93. The van der Waals surface area contributed by atoms with Gasteiger partial charge < -0.3 is 9.64 Å². The van der Waals surface area contributed by atoms with Crippen LogP contribution in [-0.4, -0.2) is 62.1 Å². The fraction of sp³-hybridized carbons (Fsp3) is 0.917. The van der Waals surface area contributed by atoms with Crippen LogP contribution in [0.3, 0.4) is 0 Å². The third kappa shape index (κ3) is 5.47. The van der Waals surface area contributed by atoms with E-state index in [1.54, 1.807) is 0 Å². The number of rotatable bonds is 3. The molecule has 0 N–H and O–H groups in total. The SMILES string of the molecule is CN1CCN(CC(=O)OCC(C)(C)C)CC1. The Hall–Kier alpha value is -0.610. The van der Waals surface area contributed by atoms with Gasteiger partial charge in [0.2, 0.25) is 0 Å². The molecule has 0 bridgehead atoms. The summed E-state index contributed by atoms with van der Waals surface area (Å²) in [6.07, 6.45) is 0. The van der Waals surface area contributed by atoms with Crippen molar-refractivity contribution in [1.82, 2.24) is 9.80 Å². The van der Waals surface area contributed by atoms with Crippen molar-refractivity contribution in [2.75, 3.05) is 46.4 Å². The van der Waals surface area contributed by atoms with Gasteiger partial charge in [-0.05, 0) is 12.5 Å². The largest absolute Gasteiger partial charge is 0.464 e. The zero-order chi connectivity index (χ0) is 12.2. The minimum absolute atomic E-state index is 0.0533. The Bertz CT molecular complexity index is 228. The van der Waals surface area contributed by atoms with Crippen LogP contribution in [0.5, 0.6) is 0 Å². The van der Waals surface area contributed by atoms with Crippen molar-refractivity contribution in [1.29, 1.82) is 0 Å². The van der Waals surface area contributed by atoms with E-state index in [2.05, 4.69) is 37.6 Å². The van der Waals surface area contributed by atoms with Gasteiger partial charge in [-0.2, -0.15) is 0 Å². The maximum Gasteiger partial charge on any atom is 0.320 e. The summed E-state index contributed by atoms with van der Waals surface area (Å²) in [6, 6.07) is 0. The van der Waals surface area contributed by atoms with E-state index in [4.69, 9.17) is 4.74 Å². The van der Waals surface area contributed by atoms with Crippen LogP contribution in [0.2, 0.25) is 0 Å². The zero-order valence-corrected chi connectivity index (χ0v) is 11.0. The summed E-state index contributed by atoms with van der Waals surface area (Å²) in [7, 11) is 2.11. The first kappa shape index (κ1) is 13.5. The molecule has 4 heteroatoms. The van der Waals surface area contributed by atoms with Gasteiger partial charge in [-0.1, -0.05) is 20.8 Å². The predicted octanol–water partition coefficient (Wildman–Crippen LogP) is 0.823. The highest BCUT2D eigenvalue weighted by Gasteiger charge is 2.19. The molecule has 1 saturated heterocycles. The van der Waals surface area contributed by atoms with Crippen molar-refractivity contribution in [2.45, 2.75) is 20.8 Å². The van der Waals surface area contributed by atoms with Gasteiger partial charge in [0.05, 0.1) is 13.2 Å². The molecule has 1 aliphatic rings. The molecule has 0 aliphatic carbocycles. The lowest BCUT2D eigenvalue weighted by molar-refractivity contribution is -0.148. The summed E-state index contributed by atoms with van der Waals surface area (Å²) in [4.78, 5) is 16.0. The molecule has 0 aromatic rings. The average molecular weight is 228 g/mol. The molecule has 0 spiro atoms. The number of carbonyl (C=O) groups excluding carboxylic acids is 1. The van der Waals surface area contributed by atoms with Gasteiger partial charge in [-0.25, -0.2) is 0 Å². The molecule has 1 aliphatic heterocycles. The van der Waals surface area contributed by atoms with E-state index >= 15 is 0 Å². The van der Waals surface area contributed by atoms with Crippen LogP contribution < -0.4 is 0 Å². The quantitative estimate of drug-likeness (QED) is 0.670. The van der Waals surface area contributed by atoms with Crippen molar-refractivity contribution in [3.05, 3.63) is 0 Å². The van der Waals surface area contributed by atoms with Crippen LogP contribution in [0.15, 0.2) is 0 Å². The Kier molecular flexibility index (Phi) is 4.74. The van der Waals surface area contributed by atoms with Crippen LogP contribution in [-0.2, 0) is 9.53 Å². The zero-order valence-electron chi connectivity index (χ0n) is 11.0. The molecule has 0 radical (unpaired) electrons. The van der Waals surface area contributed by atoms with Gasteiger partial charge >= 0.3 is 5.97 Å². The van der Waals surface area contributed by atoms with Crippen molar-refractivity contribution in [3.63, 3.8) is 0 Å². The standard InChI is InChI=1S/C12H24N2O2/c1-12(2,3)10-16-11(15)9-14-7-5-13(4)6-8-14/h5-10H2,1-4H3. The lowest BCUT2D eigenvalue weighted by Crippen LogP contribution is -2.46. The lowest BCUT2D eigenvalue weighted by atomic mass is 9.99. The summed E-state index contributed by atoms with van der Waals surface area (Å²) >= 11 is 0. The smallest absolute Gasteiger partial charge is 0.320 e. The topological polar surface area (TPSA) is 32.8 Å². The van der Waals surface area contributed by atoms with Gasteiger partial charge in [0, 0.05) is 26.2 Å². The minimum Gasteiger partial charge on any atom is -0.464 e. The van der Waals surface area contributed by atoms with E-state index in [0.717, 1.165) is 26.2 Å². The Morgan fingerprint density at radius 2 is 1.75 bits per heavy atom. The molecule has 0 saturated carbocycles. The maximum absolute atomic E-state index is 11.6. The van der Waals surface area contributed by atoms with Crippen LogP contribution in [0.1, 0.15) is 20.8 Å². The van der Waals surface area contributed by atoms with E-state index in [1.165, 1.54) is 0 Å². The Labute approximate surface area is 98.5 Å². The van der Waals surface area contributed by atoms with Gasteiger partial charge in [0.1, 0.15) is 0 Å². The molecule has 1 rings (SSSR count). The van der Waals surface area contributed by atoms with Crippen LogP contribution in [0.4, 0.5) is 0 Å². The second kappa shape index (κ2) is 5.64. The summed E-state index contributed by atoms with van der Waals surface area (Å²) in [5, 5.41) is 0. The molecule has 0 aromatic heterocycles. The normalized spacial score (nSPS) is 19.8. The van der Waals surface area contributed by atoms with Crippen molar-refractivity contribution < 1.29 is 9.53 Å². The molecular weight excluding hydrogens is 204 g/mol. The number of carbonyl (C=O) groups is 1. The third-order valence-electron chi connectivity index (χ3n) is 2.61. The monoisotopic (exact) mass is 228 g/mol. The molecular formula is C12H24N2O2. The van der Waals surface area contributed by atoms with Gasteiger partial charge in [-0.3, -0.25) is 9.69 Å². The molecule has 1 heterocycles. The second-order valence-electron chi connectivity index (χ2n) is 5.80. The van der Waals surface area contributed by atoms with Crippen molar-refractivity contribution in [2.24, 2.45) is 5.41 Å². The van der Waals surface area contributed by atoms with E-state index in [9.17, 15) is 4.79 Å². The Balaban J connectivity index is 2.19. The highest BCUT2D eigenvalue weighted by atomic mass is 16.5. The van der Waals surface area contributed by atoms with Crippen molar-refractivity contribution >= 4 is 5.97 Å². The van der Waals surface area contributed by atoms with Crippen LogP contribution >= 0.6 is 0 Å². The molecule has 16 heavy (non-hydrogen) atoms. The highest BCUT2D eigenvalue weighted by molar-refractivity contribution is 5.71. The van der Waals surface area contributed by atoms with E-state index in [1.807, 2.05) is 0 Å². The molecule has 1 fully saturated rings. The molecule has 4 nitrogen and oxygen atoms in total. The van der Waals surface area contributed by atoms with E-state index < -0.39 is 0 Å². The second-order valence-corrected chi connectivity index (χ2v) is 5.80. The third-order valence-corrected chi connectivity index (χ3v) is 2.61. The molecule has 0 unspecified atom stereocenters. The summed E-state index contributed by atoms with van der Waals surface area (Å²) in [6.45, 7) is 11.1. The fourth-order valence-corrected chi connectivity index (χ4v) is 1.53. The Morgan fingerprint density at radius 3 is 2.25 bits per heavy atom. The average Bonchev–Trinajstić information content (AvgIpc) is 2.18. The number of ether oxygens (including phenoxy) is 1. The molecule has 0 atom stereocenters. The summed E-state index contributed by atoms with van der Waals surface area (Å²) in [5.41, 5.74) is 0.0533. The fourth-order valence-electron chi connectivity index (χ4n) is 1.53. The number of nitrogens with zero attached hydrogens (tertiary/aromatic N) is 2. The summed E-state index contributed by atoms with van der Waals surface area (Å²) in [5.74, 6) is -0.0977. The number of hydrogen-bond acceptors (Lipinski definition) is 4. The number of likely N-dealkylation sites (N-methyl/N-ethyl adjacent to an activating group) is 1. The van der Waals surface area contributed by atoms with Gasteiger partial charge in [0.25, 0.3) is 0 Å². The maximum atomic E-state index is 11.6. The summed E-state index contributed by atoms with van der Waals surface area (Å²) < 4.78 is 5.24. The van der Waals surface area contributed by atoms with Crippen molar-refractivity contribution in [3.8, 4) is 0 Å². The number of piperazine rings is 1. The predicted molar refractivity (Wildman–Crippen MR) is 64.4 cm³/mol. The molecule has 0 amide bonds. The van der Waals surface area contributed by atoms with Gasteiger partial charge in [-0.15, -0.1) is 0 Å². The number of esters is 1.